The largest absolute Gasteiger partial charge is 0.395 e. The lowest BCUT2D eigenvalue weighted by Crippen LogP contribution is -2.32. The summed E-state index contributed by atoms with van der Waals surface area (Å²) >= 11 is 1.32. The minimum Gasteiger partial charge on any atom is -0.395 e. The molecule has 0 fully saturated rings. The molecule has 0 spiro atoms. The molecule has 0 bridgehead atoms. The molecule has 1 aliphatic heterocycles. The van der Waals surface area contributed by atoms with Crippen LogP contribution in [-0.4, -0.2) is 47.9 Å². The molecule has 1 N–H and O–H groups in total. The van der Waals surface area contributed by atoms with Crippen molar-refractivity contribution in [3.05, 3.63) is 64.7 Å². The number of benzene rings is 1. The molecule has 1 amide bonds. The number of nitrogens with zero attached hydrogens (tertiary/aromatic N) is 5. The maximum atomic E-state index is 13.0. The maximum Gasteiger partial charge on any atom is 0.257 e. The number of halogens is 2. The Morgan fingerprint density at radius 2 is 1.94 bits per heavy atom. The highest BCUT2D eigenvalue weighted by molar-refractivity contribution is 7.97. The molecule has 164 valence electrons. The minimum absolute atomic E-state index is 0.133. The number of aliphatic hydroxyl groups is 1. The van der Waals surface area contributed by atoms with E-state index >= 15 is 0 Å². The second kappa shape index (κ2) is 8.80. The van der Waals surface area contributed by atoms with Crippen molar-refractivity contribution in [1.29, 1.82) is 0 Å². The van der Waals surface area contributed by atoms with E-state index in [4.69, 9.17) is 0 Å². The number of aliphatic hydroxyl groups excluding tert-OH is 1. The number of fused-ring (bicyclic) bond motifs is 1. The van der Waals surface area contributed by atoms with Gasteiger partial charge in [0.2, 0.25) is 5.91 Å². The number of hydrogen-bond acceptors (Lipinski definition) is 5. The lowest BCUT2D eigenvalue weighted by atomic mass is 9.98. The van der Waals surface area contributed by atoms with Gasteiger partial charge in [-0.15, -0.1) is 0 Å². The van der Waals surface area contributed by atoms with Crippen molar-refractivity contribution < 1.29 is 18.7 Å². The summed E-state index contributed by atoms with van der Waals surface area (Å²) in [6, 6.07) is 9.24. The van der Waals surface area contributed by atoms with Crippen LogP contribution < -0.4 is 0 Å². The van der Waals surface area contributed by atoms with Crippen molar-refractivity contribution in [2.75, 3.05) is 6.61 Å². The predicted molar refractivity (Wildman–Crippen MR) is 112 cm³/mol. The average Bonchev–Trinajstić information content (AvgIpc) is 3.37. The molecular formula is C21H23F2N5O2S. The van der Waals surface area contributed by atoms with Gasteiger partial charge in [-0.3, -0.25) is 9.48 Å². The normalized spacial score (nSPS) is 14.3. The van der Waals surface area contributed by atoms with Gasteiger partial charge >= 0.3 is 0 Å². The molecule has 31 heavy (non-hydrogen) atoms. The smallest absolute Gasteiger partial charge is 0.257 e. The Morgan fingerprint density at radius 3 is 2.58 bits per heavy atom. The quantitative estimate of drug-likeness (QED) is 0.602. The van der Waals surface area contributed by atoms with Crippen molar-refractivity contribution in [2.45, 2.75) is 50.7 Å². The fraction of sp³-hybridized carbons (Fsp3) is 0.381. The second-order valence-electron chi connectivity index (χ2n) is 7.51. The van der Waals surface area contributed by atoms with Crippen LogP contribution in [0.3, 0.4) is 0 Å². The summed E-state index contributed by atoms with van der Waals surface area (Å²) < 4.78 is 28.5. The first kappa shape index (κ1) is 21.5. The van der Waals surface area contributed by atoms with Crippen LogP contribution in [-0.2, 0) is 24.4 Å². The van der Waals surface area contributed by atoms with Crippen molar-refractivity contribution in [3.8, 4) is 0 Å². The SMILES string of the molecule is Cc1nn(CC(F)F)c(C)c1Sn1cc2c(n1)CN(C(=O)C(CO)c1ccccc1)C2. The van der Waals surface area contributed by atoms with E-state index < -0.39 is 18.9 Å². The Balaban J connectivity index is 1.46. The van der Waals surface area contributed by atoms with Gasteiger partial charge in [0.15, 0.2) is 0 Å². The highest BCUT2D eigenvalue weighted by Gasteiger charge is 2.32. The summed E-state index contributed by atoms with van der Waals surface area (Å²) in [7, 11) is 0. The Kier molecular flexibility index (Phi) is 6.10. The number of hydrogen-bond donors (Lipinski definition) is 1. The lowest BCUT2D eigenvalue weighted by Gasteiger charge is -2.22. The van der Waals surface area contributed by atoms with E-state index in [2.05, 4.69) is 10.2 Å². The lowest BCUT2D eigenvalue weighted by molar-refractivity contribution is -0.134. The van der Waals surface area contributed by atoms with Crippen LogP contribution in [0.1, 0.15) is 34.1 Å². The number of carbonyl (C=O) groups is 1. The van der Waals surface area contributed by atoms with Gasteiger partial charge in [-0.25, -0.2) is 12.9 Å². The number of aryl methyl sites for hydroxylation is 1. The van der Waals surface area contributed by atoms with E-state index in [-0.39, 0.29) is 12.5 Å². The monoisotopic (exact) mass is 447 g/mol. The summed E-state index contributed by atoms with van der Waals surface area (Å²) in [5.41, 5.74) is 3.85. The van der Waals surface area contributed by atoms with Gasteiger partial charge in [-0.05, 0) is 19.4 Å². The van der Waals surface area contributed by atoms with Crippen LogP contribution in [0.15, 0.2) is 41.4 Å². The molecule has 0 saturated carbocycles. The van der Waals surface area contributed by atoms with E-state index in [0.29, 0.717) is 24.5 Å². The third-order valence-corrected chi connectivity index (χ3v) is 6.51. The zero-order valence-corrected chi connectivity index (χ0v) is 18.0. The molecule has 2 aromatic heterocycles. The molecule has 1 atom stereocenters. The van der Waals surface area contributed by atoms with Gasteiger partial charge in [0, 0.05) is 30.3 Å². The standard InChI is InChI=1S/C21H23F2N5O2S/c1-13-20(14(2)27(24-13)11-19(22)23)31-28-9-16-8-26(10-18(16)25-28)21(30)17(12-29)15-6-4-3-5-7-15/h3-7,9,17,19,29H,8,10-12H2,1-2H3. The summed E-state index contributed by atoms with van der Waals surface area (Å²) in [6.07, 6.45) is -0.612. The zero-order valence-electron chi connectivity index (χ0n) is 17.2. The van der Waals surface area contributed by atoms with Crippen LogP contribution in [0.2, 0.25) is 0 Å². The summed E-state index contributed by atoms with van der Waals surface area (Å²) in [5.74, 6) is -0.733. The maximum absolute atomic E-state index is 13.0. The highest BCUT2D eigenvalue weighted by atomic mass is 32.2. The summed E-state index contributed by atoms with van der Waals surface area (Å²) in [6.45, 7) is 3.64. The van der Waals surface area contributed by atoms with Gasteiger partial charge in [-0.1, -0.05) is 30.3 Å². The first-order valence-electron chi connectivity index (χ1n) is 9.90. The van der Waals surface area contributed by atoms with Gasteiger partial charge < -0.3 is 10.0 Å². The molecule has 4 rings (SSSR count). The topological polar surface area (TPSA) is 76.2 Å². The molecule has 1 aromatic carbocycles. The second-order valence-corrected chi connectivity index (χ2v) is 8.47. The third kappa shape index (κ3) is 4.35. The molecule has 3 aromatic rings. The molecule has 0 radical (unpaired) electrons. The van der Waals surface area contributed by atoms with Crippen LogP contribution >= 0.6 is 11.9 Å². The molecule has 0 saturated heterocycles. The number of amides is 1. The highest BCUT2D eigenvalue weighted by Crippen LogP contribution is 2.31. The van der Waals surface area contributed by atoms with Gasteiger partial charge in [0.05, 0.1) is 41.0 Å². The minimum atomic E-state index is -2.47. The number of alkyl halides is 2. The Morgan fingerprint density at radius 1 is 1.19 bits per heavy atom. The predicted octanol–water partition coefficient (Wildman–Crippen LogP) is 3.14. The molecule has 1 aliphatic rings. The van der Waals surface area contributed by atoms with E-state index in [1.54, 1.807) is 22.8 Å². The number of aromatic nitrogens is 4. The number of carbonyl (C=O) groups excluding carboxylic acids is 1. The van der Waals surface area contributed by atoms with E-state index in [1.807, 2.05) is 36.5 Å². The van der Waals surface area contributed by atoms with Crippen molar-refractivity contribution in [2.24, 2.45) is 0 Å². The first-order valence-corrected chi connectivity index (χ1v) is 10.7. The molecule has 1 unspecified atom stereocenters. The van der Waals surface area contributed by atoms with Crippen molar-refractivity contribution >= 4 is 17.9 Å². The molecule has 10 heteroatoms. The van der Waals surface area contributed by atoms with E-state index in [1.165, 1.54) is 16.6 Å². The zero-order chi connectivity index (χ0) is 22.1. The van der Waals surface area contributed by atoms with Crippen LogP contribution in [0, 0.1) is 13.8 Å². The average molecular weight is 448 g/mol. The Labute approximate surface area is 182 Å². The van der Waals surface area contributed by atoms with Crippen molar-refractivity contribution in [3.63, 3.8) is 0 Å². The van der Waals surface area contributed by atoms with Crippen molar-refractivity contribution in [1.82, 2.24) is 23.9 Å². The summed E-state index contributed by atoms with van der Waals surface area (Å²) in [5, 5.41) is 18.5. The van der Waals surface area contributed by atoms with Crippen LogP contribution in [0.25, 0.3) is 0 Å². The molecule has 7 nitrogen and oxygen atoms in total. The fourth-order valence-electron chi connectivity index (χ4n) is 3.78. The molecule has 3 heterocycles. The van der Waals surface area contributed by atoms with Crippen LogP contribution in [0.4, 0.5) is 8.78 Å². The fourth-order valence-corrected chi connectivity index (χ4v) is 4.69. The Hall–Kier alpha value is -2.72. The van der Waals surface area contributed by atoms with Gasteiger partial charge in [0.25, 0.3) is 6.43 Å². The molecular weight excluding hydrogens is 424 g/mol. The first-order chi connectivity index (χ1) is 14.9. The van der Waals surface area contributed by atoms with E-state index in [0.717, 1.165) is 21.7 Å². The summed E-state index contributed by atoms with van der Waals surface area (Å²) in [4.78, 5) is 15.4. The van der Waals surface area contributed by atoms with Gasteiger partial charge in [-0.2, -0.15) is 10.2 Å². The number of rotatable bonds is 7. The Bertz CT molecular complexity index is 1060. The van der Waals surface area contributed by atoms with Crippen LogP contribution in [0.5, 0.6) is 0 Å². The van der Waals surface area contributed by atoms with E-state index in [9.17, 15) is 18.7 Å². The third-order valence-electron chi connectivity index (χ3n) is 5.36. The molecule has 0 aliphatic carbocycles. The van der Waals surface area contributed by atoms with Gasteiger partial charge in [0.1, 0.15) is 6.54 Å².